The molecule has 2 aliphatic heterocycles. The summed E-state index contributed by atoms with van der Waals surface area (Å²) in [5.74, 6) is 2.35. The number of piperidine rings is 1. The molecule has 2 aromatic heterocycles. The lowest BCUT2D eigenvalue weighted by Crippen LogP contribution is -2.33. The molecule has 44 heavy (non-hydrogen) atoms. The Morgan fingerprint density at radius 1 is 1.14 bits per heavy atom. The molecule has 11 heteroatoms. The largest absolute Gasteiger partial charge is 0.494 e. The van der Waals surface area contributed by atoms with Gasteiger partial charge in [-0.15, -0.1) is 0 Å². The highest BCUT2D eigenvalue weighted by molar-refractivity contribution is 5.96. The zero-order chi connectivity index (χ0) is 30.4. The topological polar surface area (TPSA) is 112 Å². The summed E-state index contributed by atoms with van der Waals surface area (Å²) < 4.78 is 38.6. The van der Waals surface area contributed by atoms with Crippen molar-refractivity contribution in [1.82, 2.24) is 19.4 Å². The van der Waals surface area contributed by atoms with Gasteiger partial charge in [0.15, 0.2) is 0 Å². The Balaban J connectivity index is 1.04. The van der Waals surface area contributed by atoms with Crippen LogP contribution in [0.5, 0.6) is 11.6 Å². The number of aromatic nitrogens is 3. The van der Waals surface area contributed by atoms with Gasteiger partial charge in [0, 0.05) is 42.9 Å². The number of carbonyl (C=O) groups excluding carboxylic acids is 1. The molecule has 7 rings (SSSR count). The summed E-state index contributed by atoms with van der Waals surface area (Å²) in [7, 11) is 2.95. The average Bonchev–Trinajstić information content (AvgIpc) is 3.33. The lowest BCUT2D eigenvalue weighted by Gasteiger charge is -2.28. The van der Waals surface area contributed by atoms with E-state index in [1.807, 2.05) is 24.3 Å². The Morgan fingerprint density at radius 3 is 2.64 bits per heavy atom. The Labute approximate surface area is 253 Å². The first kappa shape index (κ1) is 28.3. The molecule has 4 atom stereocenters. The van der Waals surface area contributed by atoms with Crippen molar-refractivity contribution in [2.24, 2.45) is 11.8 Å². The van der Waals surface area contributed by atoms with Gasteiger partial charge in [0.25, 0.3) is 0 Å². The number of imidazole rings is 1. The third-order valence-electron chi connectivity index (χ3n) is 9.00. The van der Waals surface area contributed by atoms with Gasteiger partial charge in [-0.2, -0.15) is 5.26 Å². The van der Waals surface area contributed by atoms with Crippen LogP contribution in [0, 0.1) is 29.0 Å². The number of ether oxygens (including phenoxy) is 4. The molecule has 0 radical (unpaired) electrons. The van der Waals surface area contributed by atoms with Crippen LogP contribution >= 0.6 is 0 Å². The monoisotopic (exact) mass is 597 g/mol. The van der Waals surface area contributed by atoms with Gasteiger partial charge in [0.05, 0.1) is 56.1 Å². The van der Waals surface area contributed by atoms with Crippen molar-refractivity contribution in [3.63, 3.8) is 0 Å². The number of pyridine rings is 1. The number of rotatable bonds is 10. The van der Waals surface area contributed by atoms with Gasteiger partial charge in [-0.3, -0.25) is 4.90 Å². The molecule has 0 spiro atoms. The van der Waals surface area contributed by atoms with Crippen molar-refractivity contribution in [2.45, 2.75) is 38.1 Å². The standard InChI is InChI=1S/C33H32FN5O5/c1-41-28-12-21(33(40)42-2)11-27-32(28)37-29(39(27)14-22-8-9-43-22)17-38-15-23-24(16-38)31(23)26-4-3-5-30(36-26)44-18-20-7-6-19(13-35)10-25(20)34/h3-7,10-12,22-24,31H,8-9,14-18H2,1-2H3/t22?,23-,24+,31?. The minimum absolute atomic E-state index is 0.0398. The van der Waals surface area contributed by atoms with Gasteiger partial charge in [0.2, 0.25) is 5.88 Å². The summed E-state index contributed by atoms with van der Waals surface area (Å²) in [5.41, 5.74) is 3.62. The van der Waals surface area contributed by atoms with Crippen molar-refractivity contribution in [3.8, 4) is 17.7 Å². The SMILES string of the molecule is COC(=O)c1cc(OC)c2nc(CN3C[C@@H]4C(c5cccc(OCc6ccc(C#N)cc6F)n5)[C@@H]4C3)n(CC3CCO3)c2c1. The van der Waals surface area contributed by atoms with Crippen LogP contribution in [0.3, 0.4) is 0 Å². The Hall–Kier alpha value is -4.53. The summed E-state index contributed by atoms with van der Waals surface area (Å²) in [6.07, 6.45) is 1.10. The summed E-state index contributed by atoms with van der Waals surface area (Å²) in [4.78, 5) is 24.5. The quantitative estimate of drug-likeness (QED) is 0.245. The lowest BCUT2D eigenvalue weighted by atomic mass is 10.1. The molecule has 0 N–H and O–H groups in total. The summed E-state index contributed by atoms with van der Waals surface area (Å²) in [6.45, 7) is 3.97. The van der Waals surface area contributed by atoms with Crippen molar-refractivity contribution in [3.05, 3.63) is 82.6 Å². The number of methoxy groups -OCH3 is 2. The van der Waals surface area contributed by atoms with Gasteiger partial charge >= 0.3 is 5.97 Å². The lowest BCUT2D eigenvalue weighted by molar-refractivity contribution is -0.0591. The molecule has 1 saturated carbocycles. The number of esters is 1. The first-order chi connectivity index (χ1) is 21.4. The van der Waals surface area contributed by atoms with E-state index in [0.29, 0.717) is 53.6 Å². The molecule has 3 aliphatic rings. The molecular weight excluding hydrogens is 565 g/mol. The molecular formula is C33H32FN5O5. The van der Waals surface area contributed by atoms with Crippen LogP contribution in [0.1, 0.15) is 45.3 Å². The number of hydrogen-bond acceptors (Lipinski definition) is 9. The number of nitriles is 1. The van der Waals surface area contributed by atoms with Gasteiger partial charge in [0.1, 0.15) is 29.5 Å². The molecule has 1 aliphatic carbocycles. The number of nitrogens with zero attached hydrogens (tertiary/aromatic N) is 5. The minimum Gasteiger partial charge on any atom is -0.494 e. The van der Waals surface area contributed by atoms with Gasteiger partial charge in [-0.25, -0.2) is 19.2 Å². The number of hydrogen-bond donors (Lipinski definition) is 0. The van der Waals surface area contributed by atoms with E-state index < -0.39 is 11.8 Å². The molecule has 0 bridgehead atoms. The van der Waals surface area contributed by atoms with E-state index in [2.05, 4.69) is 9.47 Å². The summed E-state index contributed by atoms with van der Waals surface area (Å²) >= 11 is 0. The summed E-state index contributed by atoms with van der Waals surface area (Å²) in [5, 5.41) is 8.96. The highest BCUT2D eigenvalue weighted by atomic mass is 19.1. The van der Waals surface area contributed by atoms with Crippen molar-refractivity contribution in [2.75, 3.05) is 33.9 Å². The first-order valence-electron chi connectivity index (χ1n) is 14.7. The Bertz CT molecular complexity index is 1770. The second kappa shape index (κ2) is 11.5. The number of fused-ring (bicyclic) bond motifs is 2. The number of halogens is 1. The third-order valence-corrected chi connectivity index (χ3v) is 9.00. The van der Waals surface area contributed by atoms with E-state index in [0.717, 1.165) is 48.7 Å². The van der Waals surface area contributed by atoms with E-state index in [9.17, 15) is 9.18 Å². The minimum atomic E-state index is -0.465. The van der Waals surface area contributed by atoms with Crippen LogP contribution in [0.2, 0.25) is 0 Å². The van der Waals surface area contributed by atoms with Crippen LogP contribution in [0.25, 0.3) is 11.0 Å². The Kier molecular flexibility index (Phi) is 7.40. The second-order valence-electron chi connectivity index (χ2n) is 11.6. The maximum Gasteiger partial charge on any atom is 0.338 e. The molecule has 2 unspecified atom stereocenters. The number of benzene rings is 2. The van der Waals surface area contributed by atoms with E-state index in [1.54, 1.807) is 31.4 Å². The molecule has 226 valence electrons. The number of carbonyl (C=O) groups is 1. The van der Waals surface area contributed by atoms with Crippen molar-refractivity contribution in [1.29, 1.82) is 5.26 Å². The predicted octanol–water partition coefficient (Wildman–Crippen LogP) is 4.45. The predicted molar refractivity (Wildman–Crippen MR) is 157 cm³/mol. The number of likely N-dealkylation sites (tertiary alicyclic amines) is 1. The maximum atomic E-state index is 14.3. The molecule has 4 heterocycles. The zero-order valence-electron chi connectivity index (χ0n) is 24.5. The maximum absolute atomic E-state index is 14.3. The van der Waals surface area contributed by atoms with Crippen molar-refractivity contribution < 1.29 is 28.1 Å². The average molecular weight is 598 g/mol. The van der Waals surface area contributed by atoms with Crippen LogP contribution in [0.4, 0.5) is 4.39 Å². The molecule has 4 aromatic rings. The fraction of sp³-hybridized carbons (Fsp3) is 0.394. The first-order valence-corrected chi connectivity index (χ1v) is 14.7. The molecule has 2 saturated heterocycles. The van der Waals surface area contributed by atoms with E-state index in [1.165, 1.54) is 13.2 Å². The molecule has 0 amide bonds. The smallest absolute Gasteiger partial charge is 0.338 e. The second-order valence-corrected chi connectivity index (χ2v) is 11.6. The van der Waals surface area contributed by atoms with E-state index >= 15 is 0 Å². The van der Waals surface area contributed by atoms with E-state index in [-0.39, 0.29) is 18.3 Å². The zero-order valence-corrected chi connectivity index (χ0v) is 24.5. The fourth-order valence-electron chi connectivity index (χ4n) is 6.55. The normalized spacial score (nSPS) is 22.2. The van der Waals surface area contributed by atoms with Crippen LogP contribution < -0.4 is 9.47 Å². The van der Waals surface area contributed by atoms with Crippen LogP contribution in [-0.2, 0) is 29.2 Å². The van der Waals surface area contributed by atoms with Gasteiger partial charge < -0.3 is 23.5 Å². The third kappa shape index (κ3) is 5.25. The highest BCUT2D eigenvalue weighted by Crippen LogP contribution is 2.58. The van der Waals surface area contributed by atoms with Crippen LogP contribution in [0.15, 0.2) is 48.5 Å². The van der Waals surface area contributed by atoms with E-state index in [4.69, 9.17) is 34.2 Å². The van der Waals surface area contributed by atoms with Crippen molar-refractivity contribution >= 4 is 17.0 Å². The Morgan fingerprint density at radius 2 is 1.95 bits per heavy atom. The fourth-order valence-corrected chi connectivity index (χ4v) is 6.55. The van der Waals surface area contributed by atoms with Crippen LogP contribution in [-0.4, -0.2) is 65.4 Å². The van der Waals surface area contributed by atoms with Gasteiger partial charge in [-0.05, 0) is 48.6 Å². The molecule has 3 fully saturated rings. The molecule has 10 nitrogen and oxygen atoms in total. The van der Waals surface area contributed by atoms with Gasteiger partial charge in [-0.1, -0.05) is 12.1 Å². The molecule has 2 aromatic carbocycles. The summed E-state index contributed by atoms with van der Waals surface area (Å²) in [6, 6.07) is 15.5. The highest BCUT2D eigenvalue weighted by Gasteiger charge is 2.57.